The van der Waals surface area contributed by atoms with Crippen molar-refractivity contribution < 1.29 is 4.79 Å². The molecule has 0 unspecified atom stereocenters. The number of allylic oxidation sites excluding steroid dienone is 4. The Balaban J connectivity index is 2.11. The maximum absolute atomic E-state index is 12.9. The van der Waals surface area contributed by atoms with Gasteiger partial charge in [-0.2, -0.15) is 0 Å². The standard InChI is InChI=1S/C19H15BrO/c1-12-13(2)18(15-9-6-10-16(20)11-15)19(21)17(12)14-7-4-3-5-8-14/h3-11H,1-2H3. The van der Waals surface area contributed by atoms with Gasteiger partial charge in [0.1, 0.15) is 0 Å². The van der Waals surface area contributed by atoms with E-state index in [0.717, 1.165) is 37.9 Å². The van der Waals surface area contributed by atoms with Crippen molar-refractivity contribution in [2.24, 2.45) is 0 Å². The second-order valence-electron chi connectivity index (χ2n) is 5.21. The number of halogens is 1. The van der Waals surface area contributed by atoms with E-state index >= 15 is 0 Å². The fourth-order valence-electron chi connectivity index (χ4n) is 2.78. The van der Waals surface area contributed by atoms with Gasteiger partial charge in [-0.15, -0.1) is 0 Å². The fourth-order valence-corrected chi connectivity index (χ4v) is 3.18. The quantitative estimate of drug-likeness (QED) is 0.728. The van der Waals surface area contributed by atoms with Crippen LogP contribution < -0.4 is 0 Å². The molecule has 0 atom stereocenters. The Morgan fingerprint density at radius 2 is 1.33 bits per heavy atom. The highest BCUT2D eigenvalue weighted by Gasteiger charge is 2.29. The van der Waals surface area contributed by atoms with Crippen LogP contribution in [0.15, 0.2) is 70.2 Å². The second-order valence-corrected chi connectivity index (χ2v) is 6.12. The average Bonchev–Trinajstić information content (AvgIpc) is 2.70. The van der Waals surface area contributed by atoms with Crippen molar-refractivity contribution in [3.63, 3.8) is 0 Å². The summed E-state index contributed by atoms with van der Waals surface area (Å²) in [5.41, 5.74) is 5.73. The Kier molecular flexibility index (Phi) is 3.64. The fraction of sp³-hybridized carbons (Fsp3) is 0.105. The van der Waals surface area contributed by atoms with Gasteiger partial charge in [0.15, 0.2) is 5.78 Å². The van der Waals surface area contributed by atoms with E-state index in [1.54, 1.807) is 0 Å². The molecule has 3 rings (SSSR count). The first-order chi connectivity index (χ1) is 10.1. The molecule has 0 aromatic heterocycles. The molecule has 1 aliphatic carbocycles. The summed E-state index contributed by atoms with van der Waals surface area (Å²) in [4.78, 5) is 12.9. The van der Waals surface area contributed by atoms with Crippen LogP contribution in [0.5, 0.6) is 0 Å². The van der Waals surface area contributed by atoms with Gasteiger partial charge in [0, 0.05) is 15.6 Å². The van der Waals surface area contributed by atoms with Crippen LogP contribution in [0.1, 0.15) is 25.0 Å². The van der Waals surface area contributed by atoms with E-state index in [0.29, 0.717) is 0 Å². The number of carbonyl (C=O) groups is 1. The minimum atomic E-state index is 0.120. The highest BCUT2D eigenvalue weighted by Crippen LogP contribution is 2.40. The van der Waals surface area contributed by atoms with Gasteiger partial charge in [0.05, 0.1) is 0 Å². The molecule has 0 radical (unpaired) electrons. The minimum Gasteiger partial charge on any atom is -0.289 e. The summed E-state index contributed by atoms with van der Waals surface area (Å²) in [7, 11) is 0. The molecule has 0 saturated carbocycles. The first kappa shape index (κ1) is 14.0. The van der Waals surface area contributed by atoms with Crippen LogP contribution in [-0.4, -0.2) is 5.78 Å². The van der Waals surface area contributed by atoms with Crippen LogP contribution in [0.2, 0.25) is 0 Å². The molecular formula is C19H15BrO. The Bertz CT molecular complexity index is 782. The van der Waals surface area contributed by atoms with Crippen LogP contribution in [0.4, 0.5) is 0 Å². The number of Topliss-reactive ketones (excluding diaryl/α,β-unsaturated/α-hetero) is 1. The number of hydrogen-bond acceptors (Lipinski definition) is 1. The summed E-state index contributed by atoms with van der Waals surface area (Å²) >= 11 is 3.48. The molecule has 2 aromatic rings. The summed E-state index contributed by atoms with van der Waals surface area (Å²) in [5.74, 6) is 0.120. The van der Waals surface area contributed by atoms with Gasteiger partial charge in [-0.05, 0) is 48.3 Å². The van der Waals surface area contributed by atoms with Crippen molar-refractivity contribution in [3.8, 4) is 0 Å². The number of ketones is 1. The zero-order valence-corrected chi connectivity index (χ0v) is 13.6. The summed E-state index contributed by atoms with van der Waals surface area (Å²) in [6, 6.07) is 17.8. The summed E-state index contributed by atoms with van der Waals surface area (Å²) < 4.78 is 0.985. The molecule has 0 fully saturated rings. The third kappa shape index (κ3) is 2.40. The molecule has 0 saturated heterocycles. The van der Waals surface area contributed by atoms with Gasteiger partial charge in [-0.3, -0.25) is 4.79 Å². The number of benzene rings is 2. The van der Waals surface area contributed by atoms with Crippen LogP contribution in [0, 0.1) is 0 Å². The molecule has 0 spiro atoms. The largest absolute Gasteiger partial charge is 0.289 e. The predicted octanol–water partition coefficient (Wildman–Crippen LogP) is 5.28. The first-order valence-electron chi connectivity index (χ1n) is 6.88. The highest BCUT2D eigenvalue weighted by molar-refractivity contribution is 9.10. The van der Waals surface area contributed by atoms with Crippen LogP contribution in [0.25, 0.3) is 11.1 Å². The Labute approximate surface area is 133 Å². The number of hydrogen-bond donors (Lipinski definition) is 0. The first-order valence-corrected chi connectivity index (χ1v) is 7.67. The number of rotatable bonds is 2. The van der Waals surface area contributed by atoms with E-state index < -0.39 is 0 Å². The third-order valence-electron chi connectivity index (χ3n) is 3.94. The topological polar surface area (TPSA) is 17.1 Å². The molecule has 0 N–H and O–H groups in total. The molecule has 2 aromatic carbocycles. The maximum atomic E-state index is 12.9. The van der Waals surface area contributed by atoms with Gasteiger partial charge in [0.25, 0.3) is 0 Å². The van der Waals surface area contributed by atoms with E-state index in [9.17, 15) is 4.79 Å². The lowest BCUT2D eigenvalue weighted by Gasteiger charge is -2.06. The van der Waals surface area contributed by atoms with Gasteiger partial charge < -0.3 is 0 Å². The zero-order chi connectivity index (χ0) is 15.0. The van der Waals surface area contributed by atoms with E-state index in [1.807, 2.05) is 68.4 Å². The predicted molar refractivity (Wildman–Crippen MR) is 90.8 cm³/mol. The molecule has 0 bridgehead atoms. The maximum Gasteiger partial charge on any atom is 0.194 e. The smallest absolute Gasteiger partial charge is 0.194 e. The van der Waals surface area contributed by atoms with Gasteiger partial charge >= 0.3 is 0 Å². The molecule has 104 valence electrons. The van der Waals surface area contributed by atoms with Crippen LogP contribution in [0.3, 0.4) is 0 Å². The van der Waals surface area contributed by atoms with E-state index in [1.165, 1.54) is 0 Å². The summed E-state index contributed by atoms with van der Waals surface area (Å²) in [6.07, 6.45) is 0. The number of carbonyl (C=O) groups excluding carboxylic acids is 1. The normalized spacial score (nSPS) is 15.1. The lowest BCUT2D eigenvalue weighted by Crippen LogP contribution is -2.01. The Hall–Kier alpha value is -1.93. The lowest BCUT2D eigenvalue weighted by atomic mass is 9.96. The van der Waals surface area contributed by atoms with Crippen LogP contribution >= 0.6 is 15.9 Å². The lowest BCUT2D eigenvalue weighted by molar-refractivity contribution is -0.108. The SMILES string of the molecule is CC1=C(c2ccccc2)C(=O)C(c2cccc(Br)c2)=C1C. The zero-order valence-electron chi connectivity index (χ0n) is 12.0. The van der Waals surface area contributed by atoms with E-state index in [4.69, 9.17) is 0 Å². The molecular weight excluding hydrogens is 324 g/mol. The van der Waals surface area contributed by atoms with Crippen molar-refractivity contribution in [3.05, 3.63) is 81.3 Å². The van der Waals surface area contributed by atoms with Crippen molar-refractivity contribution in [2.75, 3.05) is 0 Å². The molecule has 2 heteroatoms. The molecule has 0 amide bonds. The van der Waals surface area contributed by atoms with Crippen molar-refractivity contribution in [1.82, 2.24) is 0 Å². The van der Waals surface area contributed by atoms with Crippen molar-refractivity contribution >= 4 is 32.9 Å². The van der Waals surface area contributed by atoms with Crippen molar-refractivity contribution in [2.45, 2.75) is 13.8 Å². The average molecular weight is 339 g/mol. The summed E-state index contributed by atoms with van der Waals surface area (Å²) in [6.45, 7) is 4.06. The second kappa shape index (κ2) is 5.45. The Morgan fingerprint density at radius 3 is 1.95 bits per heavy atom. The van der Waals surface area contributed by atoms with E-state index in [-0.39, 0.29) is 5.78 Å². The molecule has 21 heavy (non-hydrogen) atoms. The van der Waals surface area contributed by atoms with Gasteiger partial charge in [0.2, 0.25) is 0 Å². The minimum absolute atomic E-state index is 0.120. The van der Waals surface area contributed by atoms with Gasteiger partial charge in [-0.1, -0.05) is 58.4 Å². The van der Waals surface area contributed by atoms with Crippen molar-refractivity contribution in [1.29, 1.82) is 0 Å². The highest BCUT2D eigenvalue weighted by atomic mass is 79.9. The molecule has 1 nitrogen and oxygen atoms in total. The monoisotopic (exact) mass is 338 g/mol. The Morgan fingerprint density at radius 1 is 0.762 bits per heavy atom. The molecule has 0 heterocycles. The van der Waals surface area contributed by atoms with Gasteiger partial charge in [-0.25, -0.2) is 0 Å². The molecule has 1 aliphatic rings. The van der Waals surface area contributed by atoms with Crippen LogP contribution in [-0.2, 0) is 4.79 Å². The molecule has 0 aliphatic heterocycles. The van der Waals surface area contributed by atoms with E-state index in [2.05, 4.69) is 15.9 Å². The third-order valence-corrected chi connectivity index (χ3v) is 4.44. The summed E-state index contributed by atoms with van der Waals surface area (Å²) in [5, 5.41) is 0.